The fourth-order valence-electron chi connectivity index (χ4n) is 0.664. The molecule has 0 fully saturated rings. The van der Waals surface area contributed by atoms with Crippen LogP contribution in [0.3, 0.4) is 0 Å². The molecule has 0 aromatic rings. The van der Waals surface area contributed by atoms with Gasteiger partial charge in [0.15, 0.2) is 0 Å². The first-order valence-corrected chi connectivity index (χ1v) is 5.35. The van der Waals surface area contributed by atoms with Gasteiger partial charge in [-0.25, -0.2) is 0 Å². The molecule has 0 saturated heterocycles. The molecule has 0 aromatic heterocycles. The third-order valence-corrected chi connectivity index (χ3v) is 2.74. The standard InChI is InChI=1S/C8H17N3O2S/c1-5(3-11-6(2)9)14-4-7(10)8(12)13/h5,7H,3-4,10H2,1-2H3,(H2,9,11)(H,12,13)/t5-,7?/m1/s1. The van der Waals surface area contributed by atoms with Gasteiger partial charge in [0.25, 0.3) is 0 Å². The molecule has 5 nitrogen and oxygen atoms in total. The number of rotatable bonds is 6. The molecular weight excluding hydrogens is 202 g/mol. The molecule has 0 aliphatic heterocycles. The van der Waals surface area contributed by atoms with Crippen LogP contribution in [0.25, 0.3) is 0 Å². The molecule has 0 aliphatic carbocycles. The lowest BCUT2D eigenvalue weighted by Crippen LogP contribution is -2.33. The summed E-state index contributed by atoms with van der Waals surface area (Å²) in [6.45, 7) is 4.28. The minimum atomic E-state index is -0.969. The van der Waals surface area contributed by atoms with Crippen LogP contribution < -0.4 is 11.5 Å². The maximum absolute atomic E-state index is 10.4. The molecule has 2 atom stereocenters. The molecule has 0 aliphatic rings. The second-order valence-corrected chi connectivity index (χ2v) is 4.54. The van der Waals surface area contributed by atoms with Crippen molar-refractivity contribution < 1.29 is 9.90 Å². The Bertz CT molecular complexity index is 217. The van der Waals surface area contributed by atoms with Crippen molar-refractivity contribution in [1.82, 2.24) is 0 Å². The maximum atomic E-state index is 10.4. The van der Waals surface area contributed by atoms with Crippen molar-refractivity contribution in [3.8, 4) is 0 Å². The van der Waals surface area contributed by atoms with Crippen molar-refractivity contribution in [2.75, 3.05) is 12.3 Å². The lowest BCUT2D eigenvalue weighted by Gasteiger charge is -2.10. The van der Waals surface area contributed by atoms with E-state index in [1.165, 1.54) is 11.8 Å². The molecule has 82 valence electrons. The lowest BCUT2D eigenvalue weighted by molar-refractivity contribution is -0.137. The summed E-state index contributed by atoms with van der Waals surface area (Å²) in [6.07, 6.45) is 0. The van der Waals surface area contributed by atoms with Crippen molar-refractivity contribution in [1.29, 1.82) is 0 Å². The van der Waals surface area contributed by atoms with Gasteiger partial charge in [0.05, 0.1) is 12.4 Å². The van der Waals surface area contributed by atoms with E-state index in [0.29, 0.717) is 18.1 Å². The van der Waals surface area contributed by atoms with Crippen LogP contribution in [0.2, 0.25) is 0 Å². The number of amidine groups is 1. The molecule has 0 amide bonds. The molecule has 1 unspecified atom stereocenters. The Hall–Kier alpha value is -0.750. The summed E-state index contributed by atoms with van der Waals surface area (Å²) in [5, 5.41) is 8.76. The third kappa shape index (κ3) is 6.73. The predicted molar refractivity (Wildman–Crippen MR) is 59.7 cm³/mol. The molecular formula is C8H17N3O2S. The van der Waals surface area contributed by atoms with E-state index in [1.54, 1.807) is 6.92 Å². The molecule has 5 N–H and O–H groups in total. The zero-order valence-corrected chi connectivity index (χ0v) is 9.25. The summed E-state index contributed by atoms with van der Waals surface area (Å²) in [6, 6.07) is -0.801. The van der Waals surface area contributed by atoms with Gasteiger partial charge in [-0.05, 0) is 6.92 Å². The monoisotopic (exact) mass is 219 g/mol. The van der Waals surface area contributed by atoms with Gasteiger partial charge in [0.1, 0.15) is 6.04 Å². The number of hydrogen-bond acceptors (Lipinski definition) is 4. The Morgan fingerprint density at radius 3 is 2.64 bits per heavy atom. The molecule has 0 saturated carbocycles. The fourth-order valence-corrected chi connectivity index (χ4v) is 1.52. The highest BCUT2D eigenvalue weighted by molar-refractivity contribution is 8.00. The Labute approximate surface area is 87.9 Å². The summed E-state index contributed by atoms with van der Waals surface area (Å²) in [5.74, 6) is -0.0292. The number of carboxylic acid groups (broad SMARTS) is 1. The van der Waals surface area contributed by atoms with E-state index < -0.39 is 12.0 Å². The number of aliphatic carboxylic acids is 1. The Morgan fingerprint density at radius 2 is 2.21 bits per heavy atom. The first-order valence-electron chi connectivity index (χ1n) is 4.30. The van der Waals surface area contributed by atoms with E-state index in [9.17, 15) is 4.79 Å². The Kier molecular flexibility index (Phi) is 6.31. The summed E-state index contributed by atoms with van der Waals surface area (Å²) in [7, 11) is 0. The fraction of sp³-hybridized carbons (Fsp3) is 0.750. The van der Waals surface area contributed by atoms with Crippen molar-refractivity contribution in [2.45, 2.75) is 25.1 Å². The first-order chi connectivity index (χ1) is 6.43. The van der Waals surface area contributed by atoms with E-state index in [-0.39, 0.29) is 5.25 Å². The quantitative estimate of drug-likeness (QED) is 0.427. The first kappa shape index (κ1) is 13.2. The molecule has 0 bridgehead atoms. The third-order valence-electron chi connectivity index (χ3n) is 1.48. The summed E-state index contributed by atoms with van der Waals surface area (Å²) >= 11 is 1.49. The van der Waals surface area contributed by atoms with Crippen molar-refractivity contribution in [3.63, 3.8) is 0 Å². The SMILES string of the molecule is CC(N)=NC[C@@H](C)SCC(N)C(=O)O. The molecule has 0 radical (unpaired) electrons. The van der Waals surface area contributed by atoms with Gasteiger partial charge in [0.2, 0.25) is 0 Å². The van der Waals surface area contributed by atoms with Gasteiger partial charge in [0, 0.05) is 11.0 Å². The minimum absolute atomic E-state index is 0.235. The maximum Gasteiger partial charge on any atom is 0.321 e. The van der Waals surface area contributed by atoms with Crippen LogP contribution in [0, 0.1) is 0 Å². The van der Waals surface area contributed by atoms with Crippen LogP contribution in [0.15, 0.2) is 4.99 Å². The normalized spacial score (nSPS) is 16.4. The second-order valence-electron chi connectivity index (χ2n) is 3.07. The molecule has 14 heavy (non-hydrogen) atoms. The Morgan fingerprint density at radius 1 is 1.64 bits per heavy atom. The summed E-state index contributed by atoms with van der Waals surface area (Å²) in [5.41, 5.74) is 10.7. The van der Waals surface area contributed by atoms with Gasteiger partial charge < -0.3 is 16.6 Å². The summed E-state index contributed by atoms with van der Waals surface area (Å²) in [4.78, 5) is 14.4. The van der Waals surface area contributed by atoms with E-state index in [1.807, 2.05) is 6.92 Å². The van der Waals surface area contributed by atoms with Crippen LogP contribution in [0.1, 0.15) is 13.8 Å². The highest BCUT2D eigenvalue weighted by Gasteiger charge is 2.13. The zero-order chi connectivity index (χ0) is 11.1. The number of carboxylic acids is 1. The molecule has 0 heterocycles. The van der Waals surface area contributed by atoms with Crippen LogP contribution >= 0.6 is 11.8 Å². The molecule has 0 rings (SSSR count). The largest absolute Gasteiger partial charge is 0.480 e. The van der Waals surface area contributed by atoms with Gasteiger partial charge in [-0.15, -0.1) is 0 Å². The number of nitrogens with zero attached hydrogens (tertiary/aromatic N) is 1. The molecule has 0 aromatic carbocycles. The van der Waals surface area contributed by atoms with E-state index >= 15 is 0 Å². The van der Waals surface area contributed by atoms with Gasteiger partial charge in [-0.2, -0.15) is 11.8 Å². The zero-order valence-electron chi connectivity index (χ0n) is 8.43. The number of hydrogen-bond donors (Lipinski definition) is 3. The smallest absolute Gasteiger partial charge is 0.321 e. The minimum Gasteiger partial charge on any atom is -0.480 e. The van der Waals surface area contributed by atoms with Crippen molar-refractivity contribution in [3.05, 3.63) is 0 Å². The van der Waals surface area contributed by atoms with E-state index in [0.717, 1.165) is 0 Å². The van der Waals surface area contributed by atoms with Gasteiger partial charge in [-0.3, -0.25) is 9.79 Å². The van der Waals surface area contributed by atoms with Crippen LogP contribution in [-0.4, -0.2) is 40.5 Å². The highest BCUT2D eigenvalue weighted by atomic mass is 32.2. The van der Waals surface area contributed by atoms with Crippen molar-refractivity contribution >= 4 is 23.6 Å². The van der Waals surface area contributed by atoms with Crippen LogP contribution in [0.4, 0.5) is 0 Å². The topological polar surface area (TPSA) is 102 Å². The predicted octanol–water partition coefficient (Wildman–Crippen LogP) is -0.103. The number of thioether (sulfide) groups is 1. The van der Waals surface area contributed by atoms with Crippen molar-refractivity contribution in [2.24, 2.45) is 16.5 Å². The second kappa shape index (κ2) is 6.67. The number of carbonyl (C=O) groups is 1. The van der Waals surface area contributed by atoms with E-state index in [2.05, 4.69) is 4.99 Å². The summed E-state index contributed by atoms with van der Waals surface area (Å²) < 4.78 is 0. The molecule has 0 spiro atoms. The molecule has 6 heteroatoms. The van der Waals surface area contributed by atoms with Crippen LogP contribution in [-0.2, 0) is 4.79 Å². The number of nitrogens with two attached hydrogens (primary N) is 2. The van der Waals surface area contributed by atoms with E-state index in [4.69, 9.17) is 16.6 Å². The average molecular weight is 219 g/mol. The van der Waals surface area contributed by atoms with Gasteiger partial charge in [-0.1, -0.05) is 6.92 Å². The lowest BCUT2D eigenvalue weighted by atomic mass is 10.4. The van der Waals surface area contributed by atoms with Gasteiger partial charge >= 0.3 is 5.97 Å². The number of aliphatic imine (C=N–C) groups is 1. The van der Waals surface area contributed by atoms with Crippen LogP contribution in [0.5, 0.6) is 0 Å². The average Bonchev–Trinajstić information content (AvgIpc) is 2.10. The Balaban J connectivity index is 3.69. The highest BCUT2D eigenvalue weighted by Crippen LogP contribution is 2.11.